The van der Waals surface area contributed by atoms with Crippen LogP contribution in [0.2, 0.25) is 0 Å². The van der Waals surface area contributed by atoms with E-state index in [4.69, 9.17) is 5.11 Å². The summed E-state index contributed by atoms with van der Waals surface area (Å²) in [6.07, 6.45) is 1.78. The average molecular weight is 415 g/mol. The van der Waals surface area contributed by atoms with Gasteiger partial charge >= 0.3 is 11.7 Å². The first-order chi connectivity index (χ1) is 15.0. The first-order valence-electron chi connectivity index (χ1n) is 9.53. The van der Waals surface area contributed by atoms with Crippen molar-refractivity contribution in [2.75, 3.05) is 0 Å². The van der Waals surface area contributed by atoms with Gasteiger partial charge in [0.25, 0.3) is 5.56 Å². The minimum Gasteiger partial charge on any atom is -0.480 e. The molecule has 0 unspecified atom stereocenters. The number of carboxylic acid groups (broad SMARTS) is 1. The monoisotopic (exact) mass is 415 g/mol. The van der Waals surface area contributed by atoms with Crippen molar-refractivity contribution in [2.24, 2.45) is 7.05 Å². The minimum absolute atomic E-state index is 0.144. The summed E-state index contributed by atoms with van der Waals surface area (Å²) in [5, 5.41) is 9.15. The minimum atomic E-state index is -1.27. The molecule has 2 aromatic carbocycles. The van der Waals surface area contributed by atoms with Crippen molar-refractivity contribution < 1.29 is 9.90 Å². The SMILES string of the molecule is Cn1c(=O)n(CC(=O)O)c(=O)c2c1nc1n(-c3ccccc3)c(-c3ccccc3)cn21. The fourth-order valence-corrected chi connectivity index (χ4v) is 3.81. The Bertz CT molecular complexity index is 1570. The van der Waals surface area contributed by atoms with Crippen LogP contribution in [0.5, 0.6) is 0 Å². The van der Waals surface area contributed by atoms with Crippen LogP contribution in [0.4, 0.5) is 0 Å². The zero-order chi connectivity index (χ0) is 21.7. The zero-order valence-corrected chi connectivity index (χ0v) is 16.5. The number of hydrogen-bond acceptors (Lipinski definition) is 4. The summed E-state index contributed by atoms with van der Waals surface area (Å²) in [6.45, 7) is -0.723. The topological polar surface area (TPSA) is 104 Å². The third kappa shape index (κ3) is 2.78. The van der Waals surface area contributed by atoms with Gasteiger partial charge in [-0.3, -0.25) is 23.1 Å². The quantitative estimate of drug-likeness (QED) is 0.483. The molecule has 0 spiro atoms. The van der Waals surface area contributed by atoms with Crippen molar-refractivity contribution in [1.82, 2.24) is 23.1 Å². The van der Waals surface area contributed by atoms with Gasteiger partial charge in [-0.2, -0.15) is 4.98 Å². The predicted octanol–water partition coefficient (Wildman–Crippen LogP) is 1.89. The largest absolute Gasteiger partial charge is 0.480 e. The van der Waals surface area contributed by atoms with E-state index in [1.165, 1.54) is 11.6 Å². The van der Waals surface area contributed by atoms with Crippen LogP contribution < -0.4 is 11.2 Å². The van der Waals surface area contributed by atoms with Crippen molar-refractivity contribution >= 4 is 22.9 Å². The highest BCUT2D eigenvalue weighted by Crippen LogP contribution is 2.28. The number of para-hydroxylation sites is 1. The average Bonchev–Trinajstić information content (AvgIpc) is 3.32. The molecule has 3 heterocycles. The van der Waals surface area contributed by atoms with Gasteiger partial charge in [-0.05, 0) is 12.1 Å². The van der Waals surface area contributed by atoms with Crippen LogP contribution in [-0.4, -0.2) is 34.2 Å². The molecule has 0 saturated carbocycles. The Labute approximate surface area is 174 Å². The Kier molecular flexibility index (Phi) is 4.11. The number of carboxylic acids is 1. The Morgan fingerprint density at radius 1 is 1.00 bits per heavy atom. The second-order valence-corrected chi connectivity index (χ2v) is 7.13. The molecule has 3 aromatic heterocycles. The molecule has 9 nitrogen and oxygen atoms in total. The van der Waals surface area contributed by atoms with Gasteiger partial charge in [0.15, 0.2) is 11.2 Å². The first-order valence-corrected chi connectivity index (χ1v) is 9.53. The predicted molar refractivity (Wildman–Crippen MR) is 115 cm³/mol. The molecule has 0 amide bonds. The molecule has 31 heavy (non-hydrogen) atoms. The summed E-state index contributed by atoms with van der Waals surface area (Å²) in [6, 6.07) is 19.2. The van der Waals surface area contributed by atoms with E-state index in [1.54, 1.807) is 10.6 Å². The molecule has 154 valence electrons. The van der Waals surface area contributed by atoms with E-state index in [-0.39, 0.29) is 11.2 Å². The van der Waals surface area contributed by atoms with Crippen LogP contribution in [0.3, 0.4) is 0 Å². The Morgan fingerprint density at radius 3 is 2.29 bits per heavy atom. The third-order valence-electron chi connectivity index (χ3n) is 5.23. The number of fused-ring (bicyclic) bond motifs is 3. The molecule has 0 fully saturated rings. The molecule has 0 aliphatic rings. The molecule has 9 heteroatoms. The number of aliphatic carboxylic acids is 1. The second-order valence-electron chi connectivity index (χ2n) is 7.13. The number of carbonyl (C=O) groups is 1. The van der Waals surface area contributed by atoms with E-state index in [0.717, 1.165) is 16.9 Å². The van der Waals surface area contributed by atoms with Gasteiger partial charge in [0.05, 0.1) is 5.69 Å². The zero-order valence-electron chi connectivity index (χ0n) is 16.5. The summed E-state index contributed by atoms with van der Waals surface area (Å²) in [5.74, 6) is -0.827. The number of hydrogen-bond donors (Lipinski definition) is 1. The maximum atomic E-state index is 13.1. The highest BCUT2D eigenvalue weighted by atomic mass is 16.4. The Hall–Kier alpha value is -4.40. The van der Waals surface area contributed by atoms with E-state index < -0.39 is 23.8 Å². The number of benzene rings is 2. The standard InChI is InChI=1S/C22H17N5O4/c1-24-19-18(20(30)26(22(24)31)13-17(28)29)25-12-16(14-8-4-2-5-9-14)27(21(25)23-19)15-10-6-3-7-11-15/h2-12H,13H2,1H3,(H,28,29). The number of rotatable bonds is 4. The molecule has 5 rings (SSSR count). The Morgan fingerprint density at radius 2 is 1.65 bits per heavy atom. The van der Waals surface area contributed by atoms with E-state index in [2.05, 4.69) is 4.98 Å². The lowest BCUT2D eigenvalue weighted by molar-refractivity contribution is -0.137. The third-order valence-corrected chi connectivity index (χ3v) is 5.23. The van der Waals surface area contributed by atoms with Crippen LogP contribution in [0.25, 0.3) is 33.9 Å². The molecule has 1 N–H and O–H groups in total. The molecular formula is C22H17N5O4. The van der Waals surface area contributed by atoms with Crippen molar-refractivity contribution in [1.29, 1.82) is 0 Å². The van der Waals surface area contributed by atoms with Crippen LogP contribution in [0.15, 0.2) is 76.4 Å². The summed E-state index contributed by atoms with van der Waals surface area (Å²) < 4.78 is 5.43. The maximum Gasteiger partial charge on any atom is 0.333 e. The van der Waals surface area contributed by atoms with Gasteiger partial charge in [0.2, 0.25) is 5.78 Å². The van der Waals surface area contributed by atoms with E-state index >= 15 is 0 Å². The lowest BCUT2D eigenvalue weighted by Crippen LogP contribution is -2.41. The van der Waals surface area contributed by atoms with Crippen molar-refractivity contribution in [3.8, 4) is 16.9 Å². The summed E-state index contributed by atoms with van der Waals surface area (Å²) in [5.41, 5.74) is 1.46. The van der Waals surface area contributed by atoms with Crippen LogP contribution >= 0.6 is 0 Å². The van der Waals surface area contributed by atoms with Crippen LogP contribution in [-0.2, 0) is 18.4 Å². The van der Waals surface area contributed by atoms with Crippen LogP contribution in [0, 0.1) is 0 Å². The van der Waals surface area contributed by atoms with Gasteiger partial charge in [0.1, 0.15) is 6.54 Å². The number of nitrogens with zero attached hydrogens (tertiary/aromatic N) is 5. The highest BCUT2D eigenvalue weighted by Gasteiger charge is 2.23. The highest BCUT2D eigenvalue weighted by molar-refractivity contribution is 5.79. The van der Waals surface area contributed by atoms with Gasteiger partial charge < -0.3 is 5.11 Å². The second kappa shape index (κ2) is 6.84. The lowest BCUT2D eigenvalue weighted by Gasteiger charge is -2.09. The van der Waals surface area contributed by atoms with E-state index in [1.807, 2.05) is 65.2 Å². The van der Waals surface area contributed by atoms with Gasteiger partial charge in [-0.15, -0.1) is 0 Å². The van der Waals surface area contributed by atoms with Crippen molar-refractivity contribution in [3.63, 3.8) is 0 Å². The summed E-state index contributed by atoms with van der Waals surface area (Å²) >= 11 is 0. The smallest absolute Gasteiger partial charge is 0.333 e. The van der Waals surface area contributed by atoms with Crippen LogP contribution in [0.1, 0.15) is 0 Å². The number of aryl methyl sites for hydroxylation is 1. The fraction of sp³-hybridized carbons (Fsp3) is 0.0909. The molecule has 0 saturated heterocycles. The molecule has 0 aliphatic heterocycles. The number of imidazole rings is 2. The molecule has 0 aliphatic carbocycles. The van der Waals surface area contributed by atoms with E-state index in [0.29, 0.717) is 10.3 Å². The molecule has 5 aromatic rings. The maximum absolute atomic E-state index is 13.1. The van der Waals surface area contributed by atoms with E-state index in [9.17, 15) is 14.4 Å². The van der Waals surface area contributed by atoms with Crippen molar-refractivity contribution in [3.05, 3.63) is 87.7 Å². The fourth-order valence-electron chi connectivity index (χ4n) is 3.81. The first kappa shape index (κ1) is 18.6. The molecule has 0 radical (unpaired) electrons. The Balaban J connectivity index is 1.94. The van der Waals surface area contributed by atoms with Gasteiger partial charge in [0, 0.05) is 24.5 Å². The van der Waals surface area contributed by atoms with Crippen molar-refractivity contribution in [2.45, 2.75) is 6.54 Å². The summed E-state index contributed by atoms with van der Waals surface area (Å²) in [4.78, 5) is 41.5. The molecule has 0 atom stereocenters. The lowest BCUT2D eigenvalue weighted by atomic mass is 10.1. The van der Waals surface area contributed by atoms with Gasteiger partial charge in [-0.1, -0.05) is 48.5 Å². The molecule has 0 bridgehead atoms. The summed E-state index contributed by atoms with van der Waals surface area (Å²) in [7, 11) is 1.47. The van der Waals surface area contributed by atoms with Gasteiger partial charge in [-0.25, -0.2) is 9.36 Å². The normalized spacial score (nSPS) is 11.4. The molecular weight excluding hydrogens is 398 g/mol. The number of aromatic nitrogens is 5.